The van der Waals surface area contributed by atoms with Crippen molar-refractivity contribution in [1.29, 1.82) is 0 Å². The number of aliphatic hydroxyl groups excluding tert-OH is 1. The van der Waals surface area contributed by atoms with E-state index in [4.69, 9.17) is 4.74 Å². The van der Waals surface area contributed by atoms with E-state index in [-0.39, 0.29) is 5.54 Å². The summed E-state index contributed by atoms with van der Waals surface area (Å²) in [5.74, 6) is 0.909. The normalized spacial score (nSPS) is 18.5. The van der Waals surface area contributed by atoms with Crippen molar-refractivity contribution in [2.45, 2.75) is 52.2 Å². The fourth-order valence-electron chi connectivity index (χ4n) is 3.33. The van der Waals surface area contributed by atoms with Crippen molar-refractivity contribution in [3.63, 3.8) is 0 Å². The molecular weight excluding hydrogens is 250 g/mol. The molecule has 112 valence electrons. The Morgan fingerprint density at radius 2 is 2.00 bits per heavy atom. The molecule has 0 radical (unpaired) electrons. The Bertz CT molecular complexity index is 456. The quantitative estimate of drug-likeness (QED) is 0.867. The summed E-state index contributed by atoms with van der Waals surface area (Å²) < 4.78 is 5.76. The Morgan fingerprint density at radius 1 is 1.30 bits per heavy atom. The average molecular weight is 277 g/mol. The van der Waals surface area contributed by atoms with Gasteiger partial charge in [-0.2, -0.15) is 0 Å². The van der Waals surface area contributed by atoms with E-state index in [1.807, 2.05) is 12.1 Å². The molecule has 3 heteroatoms. The molecule has 0 fully saturated rings. The Labute approximate surface area is 122 Å². The van der Waals surface area contributed by atoms with E-state index in [1.165, 1.54) is 5.56 Å². The zero-order chi connectivity index (χ0) is 14.8. The topological polar surface area (TPSA) is 32.7 Å². The molecule has 1 aromatic carbocycles. The van der Waals surface area contributed by atoms with Crippen molar-refractivity contribution in [3.05, 3.63) is 29.3 Å². The standard InChI is InChI=1S/C17H27NO2/c1-5-17(4,18(6-2)7-3)16(19)14-10-8-9-13-11-12-20-15(13)14/h8-10,16,19H,5-7,11-12H2,1-4H3. The van der Waals surface area contributed by atoms with Gasteiger partial charge in [0.05, 0.1) is 6.61 Å². The summed E-state index contributed by atoms with van der Waals surface area (Å²) in [6, 6.07) is 6.13. The van der Waals surface area contributed by atoms with Gasteiger partial charge in [-0.15, -0.1) is 0 Å². The molecule has 0 saturated carbocycles. The van der Waals surface area contributed by atoms with E-state index >= 15 is 0 Å². The number of ether oxygens (including phenoxy) is 1. The molecule has 2 rings (SSSR count). The van der Waals surface area contributed by atoms with Crippen LogP contribution in [0.15, 0.2) is 18.2 Å². The summed E-state index contributed by atoms with van der Waals surface area (Å²) in [5.41, 5.74) is 1.90. The molecule has 3 nitrogen and oxygen atoms in total. The molecule has 0 saturated heterocycles. The summed E-state index contributed by atoms with van der Waals surface area (Å²) in [6.45, 7) is 11.2. The van der Waals surface area contributed by atoms with Crippen LogP contribution < -0.4 is 4.74 Å². The first-order valence-corrected chi connectivity index (χ1v) is 7.76. The number of rotatable bonds is 6. The van der Waals surface area contributed by atoms with E-state index in [2.05, 4.69) is 38.7 Å². The first-order valence-electron chi connectivity index (χ1n) is 7.76. The molecule has 0 aromatic heterocycles. The minimum absolute atomic E-state index is 0.259. The molecule has 1 heterocycles. The second kappa shape index (κ2) is 6.15. The van der Waals surface area contributed by atoms with Gasteiger partial charge in [-0.05, 0) is 32.0 Å². The van der Waals surface area contributed by atoms with Crippen molar-refractivity contribution in [2.24, 2.45) is 0 Å². The molecule has 0 spiro atoms. The van der Waals surface area contributed by atoms with E-state index < -0.39 is 6.10 Å². The highest BCUT2D eigenvalue weighted by atomic mass is 16.5. The van der Waals surface area contributed by atoms with Crippen LogP contribution >= 0.6 is 0 Å². The smallest absolute Gasteiger partial charge is 0.128 e. The van der Waals surface area contributed by atoms with Gasteiger partial charge in [-0.25, -0.2) is 0 Å². The van der Waals surface area contributed by atoms with Crippen LogP contribution in [0.2, 0.25) is 0 Å². The largest absolute Gasteiger partial charge is 0.493 e. The number of benzene rings is 1. The van der Waals surface area contributed by atoms with Crippen LogP contribution in [0.4, 0.5) is 0 Å². The van der Waals surface area contributed by atoms with Gasteiger partial charge in [0.1, 0.15) is 11.9 Å². The van der Waals surface area contributed by atoms with Crippen molar-refractivity contribution in [3.8, 4) is 5.75 Å². The maximum atomic E-state index is 11.0. The third-order valence-electron chi connectivity index (χ3n) is 4.83. The highest BCUT2D eigenvalue weighted by Crippen LogP contribution is 2.41. The van der Waals surface area contributed by atoms with Crippen LogP contribution in [0, 0.1) is 0 Å². The summed E-state index contributed by atoms with van der Waals surface area (Å²) in [5, 5.41) is 11.0. The maximum absolute atomic E-state index is 11.0. The summed E-state index contributed by atoms with van der Waals surface area (Å²) in [4.78, 5) is 2.34. The molecule has 20 heavy (non-hydrogen) atoms. The lowest BCUT2D eigenvalue weighted by molar-refractivity contribution is -0.0224. The van der Waals surface area contributed by atoms with Crippen LogP contribution in [-0.4, -0.2) is 35.2 Å². The lowest BCUT2D eigenvalue weighted by Gasteiger charge is -2.43. The molecule has 1 N–H and O–H groups in total. The van der Waals surface area contributed by atoms with E-state index in [9.17, 15) is 5.11 Å². The highest BCUT2D eigenvalue weighted by molar-refractivity contribution is 5.46. The fourth-order valence-corrected chi connectivity index (χ4v) is 3.33. The van der Waals surface area contributed by atoms with Crippen LogP contribution in [0.1, 0.15) is 51.3 Å². The van der Waals surface area contributed by atoms with Gasteiger partial charge in [0.15, 0.2) is 0 Å². The zero-order valence-corrected chi connectivity index (χ0v) is 13.1. The summed E-state index contributed by atoms with van der Waals surface area (Å²) in [6.07, 6.45) is 1.32. The maximum Gasteiger partial charge on any atom is 0.128 e. The Hall–Kier alpha value is -1.06. The summed E-state index contributed by atoms with van der Waals surface area (Å²) >= 11 is 0. The predicted octanol–water partition coefficient (Wildman–Crippen LogP) is 3.17. The third kappa shape index (κ3) is 2.45. The van der Waals surface area contributed by atoms with Crippen molar-refractivity contribution < 1.29 is 9.84 Å². The minimum atomic E-state index is -0.527. The monoisotopic (exact) mass is 277 g/mol. The van der Waals surface area contributed by atoms with Crippen molar-refractivity contribution in [1.82, 2.24) is 4.90 Å². The third-order valence-corrected chi connectivity index (χ3v) is 4.83. The van der Waals surface area contributed by atoms with Crippen molar-refractivity contribution in [2.75, 3.05) is 19.7 Å². The van der Waals surface area contributed by atoms with Gasteiger partial charge in [0, 0.05) is 17.5 Å². The molecule has 1 aromatic rings. The second-order valence-corrected chi connectivity index (χ2v) is 5.72. The number of hydrogen-bond acceptors (Lipinski definition) is 3. The van der Waals surface area contributed by atoms with Crippen LogP contribution in [0.3, 0.4) is 0 Å². The van der Waals surface area contributed by atoms with Crippen LogP contribution in [-0.2, 0) is 6.42 Å². The Morgan fingerprint density at radius 3 is 2.60 bits per heavy atom. The van der Waals surface area contributed by atoms with Gasteiger partial charge in [0.25, 0.3) is 0 Å². The van der Waals surface area contributed by atoms with Crippen LogP contribution in [0.5, 0.6) is 5.75 Å². The van der Waals surface area contributed by atoms with E-state index in [0.717, 1.165) is 43.9 Å². The lowest BCUT2D eigenvalue weighted by Crippen LogP contribution is -2.50. The Balaban J connectivity index is 2.38. The average Bonchev–Trinajstić information content (AvgIpc) is 2.95. The Kier molecular flexibility index (Phi) is 4.71. The fraction of sp³-hybridized carbons (Fsp3) is 0.647. The van der Waals surface area contributed by atoms with Gasteiger partial charge in [-0.3, -0.25) is 4.90 Å². The number of para-hydroxylation sites is 1. The minimum Gasteiger partial charge on any atom is -0.493 e. The first-order chi connectivity index (χ1) is 9.58. The molecule has 2 atom stereocenters. The zero-order valence-electron chi connectivity index (χ0n) is 13.1. The van der Waals surface area contributed by atoms with E-state index in [1.54, 1.807) is 0 Å². The van der Waals surface area contributed by atoms with Crippen LogP contribution in [0.25, 0.3) is 0 Å². The summed E-state index contributed by atoms with van der Waals surface area (Å²) in [7, 11) is 0. The van der Waals surface area contributed by atoms with Gasteiger partial charge in [0.2, 0.25) is 0 Å². The molecule has 1 aliphatic heterocycles. The molecule has 0 amide bonds. The van der Waals surface area contributed by atoms with Gasteiger partial charge in [-0.1, -0.05) is 39.0 Å². The number of hydrogen-bond donors (Lipinski definition) is 1. The highest BCUT2D eigenvalue weighted by Gasteiger charge is 2.39. The molecule has 1 aliphatic rings. The van der Waals surface area contributed by atoms with Gasteiger partial charge < -0.3 is 9.84 Å². The predicted molar refractivity (Wildman–Crippen MR) is 82.2 cm³/mol. The molecule has 2 unspecified atom stereocenters. The molecule has 0 bridgehead atoms. The molecule has 0 aliphatic carbocycles. The van der Waals surface area contributed by atoms with Crippen molar-refractivity contribution >= 4 is 0 Å². The first kappa shape index (κ1) is 15.3. The lowest BCUT2D eigenvalue weighted by atomic mass is 9.84. The number of fused-ring (bicyclic) bond motifs is 1. The number of nitrogens with zero attached hydrogens (tertiary/aromatic N) is 1. The molecular formula is C17H27NO2. The van der Waals surface area contributed by atoms with E-state index in [0.29, 0.717) is 0 Å². The second-order valence-electron chi connectivity index (χ2n) is 5.72. The number of likely N-dealkylation sites (N-methyl/N-ethyl adjacent to an activating group) is 1. The SMILES string of the molecule is CCN(CC)C(C)(CC)C(O)c1cccc2c1OCC2. The number of aliphatic hydroxyl groups is 1. The van der Waals surface area contributed by atoms with Gasteiger partial charge >= 0.3 is 0 Å².